The zero-order chi connectivity index (χ0) is 15.9. The summed E-state index contributed by atoms with van der Waals surface area (Å²) in [7, 11) is -1.14. The maximum Gasteiger partial charge on any atom is 0.144 e. The average Bonchev–Trinajstić information content (AvgIpc) is 2.43. The number of nitrogens with zero attached hydrogens (tertiary/aromatic N) is 1. The predicted octanol–water partition coefficient (Wildman–Crippen LogP) is 4.30. The first-order chi connectivity index (χ1) is 9.95. The van der Waals surface area contributed by atoms with Crippen molar-refractivity contribution in [1.82, 2.24) is 0 Å². The Balaban J connectivity index is 0.00000106. The first-order valence-corrected chi connectivity index (χ1v) is 8.70. The van der Waals surface area contributed by atoms with Crippen LogP contribution < -0.4 is 0 Å². The monoisotopic (exact) mass is 309 g/mol. The van der Waals surface area contributed by atoms with Crippen LogP contribution in [0.3, 0.4) is 0 Å². The van der Waals surface area contributed by atoms with Crippen molar-refractivity contribution in [3.8, 4) is 0 Å². The van der Waals surface area contributed by atoms with Crippen molar-refractivity contribution in [3.05, 3.63) is 35.9 Å². The second kappa shape index (κ2) is 8.44. The van der Waals surface area contributed by atoms with E-state index in [1.54, 1.807) is 0 Å². The summed E-state index contributed by atoms with van der Waals surface area (Å²) in [5.41, 5.74) is 2.21. The van der Waals surface area contributed by atoms with Gasteiger partial charge in [0.05, 0.1) is 17.5 Å². The summed E-state index contributed by atoms with van der Waals surface area (Å²) < 4.78 is 21.6. The molecule has 0 spiro atoms. The standard InChI is InChI=1S/C15H21NO2S.C2H6/c1-15(2,3)19(17)16-13-9-14(10-13)18-11-12-7-5-4-6-8-12;1-2/h4-8,14H,9-11H2,1-3H3;1-2H3. The van der Waals surface area contributed by atoms with Gasteiger partial charge in [0.1, 0.15) is 11.0 Å². The molecular weight excluding hydrogens is 282 g/mol. The Hall–Kier alpha value is -1.00. The molecule has 1 unspecified atom stereocenters. The smallest absolute Gasteiger partial charge is 0.144 e. The highest BCUT2D eigenvalue weighted by molar-refractivity contribution is 7.85. The molecule has 0 bridgehead atoms. The molecular formula is C17H27NO2S. The van der Waals surface area contributed by atoms with Crippen molar-refractivity contribution >= 4 is 16.7 Å². The van der Waals surface area contributed by atoms with Crippen LogP contribution in [0.5, 0.6) is 0 Å². The second-order valence-electron chi connectivity index (χ2n) is 5.85. The lowest BCUT2D eigenvalue weighted by Gasteiger charge is -2.28. The predicted molar refractivity (Wildman–Crippen MR) is 90.9 cm³/mol. The molecule has 118 valence electrons. The fourth-order valence-corrected chi connectivity index (χ4v) is 2.36. The fraction of sp³-hybridized carbons (Fsp3) is 0.588. The van der Waals surface area contributed by atoms with E-state index >= 15 is 0 Å². The highest BCUT2D eigenvalue weighted by atomic mass is 32.2. The third kappa shape index (κ3) is 6.10. The van der Waals surface area contributed by atoms with E-state index in [-0.39, 0.29) is 10.9 Å². The average molecular weight is 309 g/mol. The zero-order valence-electron chi connectivity index (χ0n) is 13.8. The molecule has 1 fully saturated rings. The normalized spacial score (nSPS) is 19.1. The van der Waals surface area contributed by atoms with Crippen LogP contribution in [-0.2, 0) is 22.3 Å². The summed E-state index contributed by atoms with van der Waals surface area (Å²) in [5.74, 6) is 0. The SMILES string of the molecule is CC.CC(C)(C)S(=O)N=C1CC(OCc2ccccc2)C1. The van der Waals surface area contributed by atoms with Gasteiger partial charge in [-0.05, 0) is 26.3 Å². The van der Waals surface area contributed by atoms with Crippen LogP contribution in [0.1, 0.15) is 53.0 Å². The lowest BCUT2D eigenvalue weighted by Crippen LogP contribution is -2.33. The molecule has 1 aromatic carbocycles. The molecule has 0 radical (unpaired) electrons. The minimum atomic E-state index is -1.14. The van der Waals surface area contributed by atoms with Gasteiger partial charge >= 0.3 is 0 Å². The Bertz CT molecular complexity index is 469. The van der Waals surface area contributed by atoms with Crippen molar-refractivity contribution in [2.45, 2.75) is 64.9 Å². The van der Waals surface area contributed by atoms with Gasteiger partial charge in [0.15, 0.2) is 0 Å². The Morgan fingerprint density at radius 1 is 1.19 bits per heavy atom. The van der Waals surface area contributed by atoms with Gasteiger partial charge in [0.2, 0.25) is 0 Å². The van der Waals surface area contributed by atoms with Gasteiger partial charge in [-0.1, -0.05) is 44.2 Å². The summed E-state index contributed by atoms with van der Waals surface area (Å²) in [6.07, 6.45) is 1.86. The van der Waals surface area contributed by atoms with Gasteiger partial charge in [0, 0.05) is 18.6 Å². The first kappa shape index (κ1) is 18.1. The van der Waals surface area contributed by atoms with Gasteiger partial charge in [-0.3, -0.25) is 0 Å². The maximum atomic E-state index is 11.8. The minimum Gasteiger partial charge on any atom is -0.373 e. The molecule has 0 N–H and O–H groups in total. The summed E-state index contributed by atoms with van der Waals surface area (Å²) in [6, 6.07) is 10.1. The van der Waals surface area contributed by atoms with Gasteiger partial charge in [0.25, 0.3) is 0 Å². The molecule has 3 nitrogen and oxygen atoms in total. The third-order valence-electron chi connectivity index (χ3n) is 2.99. The Labute approximate surface area is 131 Å². The van der Waals surface area contributed by atoms with Gasteiger partial charge in [-0.15, -0.1) is 0 Å². The molecule has 1 atom stereocenters. The number of hydrogen-bond acceptors (Lipinski definition) is 2. The van der Waals surface area contributed by atoms with Crippen molar-refractivity contribution in [2.75, 3.05) is 0 Å². The molecule has 2 rings (SSSR count). The van der Waals surface area contributed by atoms with Gasteiger partial charge < -0.3 is 4.74 Å². The molecule has 0 saturated heterocycles. The molecule has 0 aliphatic heterocycles. The minimum absolute atomic E-state index is 0.232. The van der Waals surface area contributed by atoms with E-state index in [1.165, 1.54) is 5.56 Å². The van der Waals surface area contributed by atoms with Crippen LogP contribution >= 0.6 is 0 Å². The highest BCUT2D eigenvalue weighted by Crippen LogP contribution is 2.24. The Kier molecular flexibility index (Phi) is 7.26. The molecule has 1 aliphatic rings. The molecule has 1 aliphatic carbocycles. The van der Waals surface area contributed by atoms with E-state index < -0.39 is 11.0 Å². The highest BCUT2D eigenvalue weighted by Gasteiger charge is 2.28. The van der Waals surface area contributed by atoms with Crippen molar-refractivity contribution in [1.29, 1.82) is 0 Å². The van der Waals surface area contributed by atoms with E-state index in [9.17, 15) is 4.21 Å². The first-order valence-electron chi connectivity index (χ1n) is 7.59. The van der Waals surface area contributed by atoms with E-state index in [2.05, 4.69) is 16.5 Å². The summed E-state index contributed by atoms with van der Waals surface area (Å²) >= 11 is 0. The van der Waals surface area contributed by atoms with Gasteiger partial charge in [-0.2, -0.15) is 4.40 Å². The van der Waals surface area contributed by atoms with Crippen molar-refractivity contribution in [3.63, 3.8) is 0 Å². The number of hydrogen-bond donors (Lipinski definition) is 0. The summed E-state index contributed by atoms with van der Waals surface area (Å²) in [4.78, 5) is 0. The van der Waals surface area contributed by atoms with Crippen LogP contribution in [0.15, 0.2) is 34.7 Å². The van der Waals surface area contributed by atoms with Crippen LogP contribution in [0.25, 0.3) is 0 Å². The largest absolute Gasteiger partial charge is 0.373 e. The third-order valence-corrected chi connectivity index (χ3v) is 4.46. The van der Waals surface area contributed by atoms with Crippen LogP contribution in [0.4, 0.5) is 0 Å². The zero-order valence-corrected chi connectivity index (χ0v) is 14.6. The van der Waals surface area contributed by atoms with Crippen LogP contribution in [0.2, 0.25) is 0 Å². The Morgan fingerprint density at radius 3 is 2.29 bits per heavy atom. The van der Waals surface area contributed by atoms with Crippen molar-refractivity contribution < 1.29 is 8.95 Å². The van der Waals surface area contributed by atoms with E-state index in [0.29, 0.717) is 6.61 Å². The second-order valence-corrected chi connectivity index (χ2v) is 7.75. The number of benzene rings is 1. The summed E-state index contributed by atoms with van der Waals surface area (Å²) in [6.45, 7) is 10.5. The number of rotatable bonds is 4. The van der Waals surface area contributed by atoms with E-state index in [4.69, 9.17) is 4.74 Å². The molecule has 4 heteroatoms. The lowest BCUT2D eigenvalue weighted by atomic mass is 9.93. The maximum absolute atomic E-state index is 11.8. The van der Waals surface area contributed by atoms with Crippen LogP contribution in [-0.4, -0.2) is 20.8 Å². The molecule has 21 heavy (non-hydrogen) atoms. The molecule has 0 heterocycles. The van der Waals surface area contributed by atoms with Crippen molar-refractivity contribution in [2.24, 2.45) is 4.40 Å². The fourth-order valence-electron chi connectivity index (χ4n) is 1.70. The molecule has 1 saturated carbocycles. The molecule has 0 aromatic heterocycles. The molecule has 1 aromatic rings. The van der Waals surface area contributed by atoms with Gasteiger partial charge in [-0.25, -0.2) is 4.21 Å². The number of ether oxygens (including phenoxy) is 1. The Morgan fingerprint density at radius 2 is 1.76 bits per heavy atom. The van der Waals surface area contributed by atoms with E-state index in [0.717, 1.165) is 18.6 Å². The lowest BCUT2D eigenvalue weighted by molar-refractivity contribution is 0.0345. The molecule has 0 amide bonds. The topological polar surface area (TPSA) is 38.7 Å². The van der Waals surface area contributed by atoms with Crippen LogP contribution in [0, 0.1) is 0 Å². The summed E-state index contributed by atoms with van der Waals surface area (Å²) in [5, 5.41) is 0. The van der Waals surface area contributed by atoms with E-state index in [1.807, 2.05) is 52.8 Å². The quantitative estimate of drug-likeness (QED) is 0.832.